The normalized spacial score (nSPS) is 19.6. The summed E-state index contributed by atoms with van der Waals surface area (Å²) in [4.78, 5) is 27.4. The van der Waals surface area contributed by atoms with Gasteiger partial charge < -0.3 is 20.3 Å². The first kappa shape index (κ1) is 16.9. The molecule has 20 heavy (non-hydrogen) atoms. The van der Waals surface area contributed by atoms with Crippen LogP contribution in [0, 0.1) is 5.92 Å². The topological polar surface area (TPSA) is 75.9 Å². The highest BCUT2D eigenvalue weighted by Gasteiger charge is 2.26. The summed E-state index contributed by atoms with van der Waals surface area (Å²) in [6, 6.07) is 0. The fourth-order valence-corrected chi connectivity index (χ4v) is 2.52. The summed E-state index contributed by atoms with van der Waals surface area (Å²) in [5.74, 6) is -0.0430. The molecule has 0 spiro atoms. The second-order valence-corrected chi connectivity index (χ2v) is 5.37. The zero-order valence-electron chi connectivity index (χ0n) is 12.6. The summed E-state index contributed by atoms with van der Waals surface area (Å²) in [5, 5.41) is 0. The largest absolute Gasteiger partial charge is 0.469 e. The van der Waals surface area contributed by atoms with Gasteiger partial charge in [-0.2, -0.15) is 0 Å². The van der Waals surface area contributed by atoms with E-state index < -0.39 is 0 Å². The van der Waals surface area contributed by atoms with Gasteiger partial charge in [-0.25, -0.2) is 0 Å². The zero-order valence-corrected chi connectivity index (χ0v) is 12.6. The van der Waals surface area contributed by atoms with Crippen molar-refractivity contribution >= 4 is 11.9 Å². The summed E-state index contributed by atoms with van der Waals surface area (Å²) < 4.78 is 4.79. The third kappa shape index (κ3) is 5.46. The fraction of sp³-hybridized carbons (Fsp3) is 0.857. The number of carbonyl (C=O) groups is 2. The van der Waals surface area contributed by atoms with Crippen LogP contribution in [0.25, 0.3) is 0 Å². The number of nitrogens with zero attached hydrogens (tertiary/aromatic N) is 2. The van der Waals surface area contributed by atoms with E-state index in [2.05, 4.69) is 4.90 Å². The van der Waals surface area contributed by atoms with Gasteiger partial charge >= 0.3 is 5.97 Å². The molecule has 6 nitrogen and oxygen atoms in total. The van der Waals surface area contributed by atoms with Crippen LogP contribution in [0.2, 0.25) is 0 Å². The minimum Gasteiger partial charge on any atom is -0.469 e. The number of hydrogen-bond acceptors (Lipinski definition) is 5. The third-order valence-corrected chi connectivity index (χ3v) is 3.81. The van der Waals surface area contributed by atoms with Crippen molar-refractivity contribution in [1.29, 1.82) is 0 Å². The van der Waals surface area contributed by atoms with Crippen LogP contribution in [0.4, 0.5) is 0 Å². The van der Waals surface area contributed by atoms with E-state index in [1.165, 1.54) is 7.11 Å². The molecule has 1 fully saturated rings. The Morgan fingerprint density at radius 3 is 2.85 bits per heavy atom. The van der Waals surface area contributed by atoms with Crippen molar-refractivity contribution in [2.24, 2.45) is 11.7 Å². The Morgan fingerprint density at radius 1 is 1.45 bits per heavy atom. The van der Waals surface area contributed by atoms with Gasteiger partial charge in [-0.3, -0.25) is 9.59 Å². The van der Waals surface area contributed by atoms with Crippen LogP contribution in [-0.4, -0.2) is 68.6 Å². The van der Waals surface area contributed by atoms with Gasteiger partial charge in [0.25, 0.3) is 0 Å². The Hall–Kier alpha value is -1.14. The Labute approximate surface area is 121 Å². The van der Waals surface area contributed by atoms with E-state index in [4.69, 9.17) is 10.5 Å². The van der Waals surface area contributed by atoms with E-state index in [9.17, 15) is 9.59 Å². The van der Waals surface area contributed by atoms with Crippen molar-refractivity contribution in [3.8, 4) is 0 Å². The molecule has 0 aromatic carbocycles. The lowest BCUT2D eigenvalue weighted by atomic mass is 9.98. The van der Waals surface area contributed by atoms with Crippen molar-refractivity contribution in [3.05, 3.63) is 0 Å². The van der Waals surface area contributed by atoms with Crippen molar-refractivity contribution in [2.75, 3.05) is 46.9 Å². The standard InChI is InChI=1S/C14H27N3O3/c1-16(8-4-7-15)13(18)6-10-17-9-3-5-12(11-17)14(19)20-2/h12H,3-11,15H2,1-2H3. The van der Waals surface area contributed by atoms with Crippen LogP contribution in [-0.2, 0) is 14.3 Å². The van der Waals surface area contributed by atoms with E-state index in [1.54, 1.807) is 4.90 Å². The molecule has 1 saturated heterocycles. The first-order valence-electron chi connectivity index (χ1n) is 7.32. The van der Waals surface area contributed by atoms with Gasteiger partial charge in [0.05, 0.1) is 13.0 Å². The zero-order chi connectivity index (χ0) is 15.0. The molecule has 6 heteroatoms. The van der Waals surface area contributed by atoms with Gasteiger partial charge in [0, 0.05) is 33.1 Å². The molecule has 0 radical (unpaired) electrons. The van der Waals surface area contributed by atoms with E-state index >= 15 is 0 Å². The predicted octanol–water partition coefficient (Wildman–Crippen LogP) is 0.0687. The molecule has 1 amide bonds. The van der Waals surface area contributed by atoms with Gasteiger partial charge in [-0.1, -0.05) is 0 Å². The van der Waals surface area contributed by atoms with E-state index in [-0.39, 0.29) is 17.8 Å². The number of esters is 1. The van der Waals surface area contributed by atoms with Gasteiger partial charge in [-0.05, 0) is 32.4 Å². The van der Waals surface area contributed by atoms with Crippen LogP contribution in [0.1, 0.15) is 25.7 Å². The number of methoxy groups -OCH3 is 1. The molecule has 0 aromatic heterocycles. The molecule has 1 aliphatic rings. The maximum absolute atomic E-state index is 11.9. The highest BCUT2D eigenvalue weighted by molar-refractivity contribution is 5.76. The molecule has 1 rings (SSSR count). The summed E-state index contributed by atoms with van der Waals surface area (Å²) in [7, 11) is 3.24. The number of piperidine rings is 1. The smallest absolute Gasteiger partial charge is 0.309 e. The summed E-state index contributed by atoms with van der Waals surface area (Å²) >= 11 is 0. The quantitative estimate of drug-likeness (QED) is 0.670. The molecule has 1 aliphatic heterocycles. The predicted molar refractivity (Wildman–Crippen MR) is 77.1 cm³/mol. The summed E-state index contributed by atoms with van der Waals surface area (Å²) in [6.07, 6.45) is 3.19. The molecule has 0 saturated carbocycles. The molecule has 1 atom stereocenters. The van der Waals surface area contributed by atoms with Gasteiger partial charge in [0.1, 0.15) is 0 Å². The van der Waals surface area contributed by atoms with E-state index in [0.717, 1.165) is 25.8 Å². The Kier molecular flexibility index (Phi) is 7.54. The molecule has 0 aliphatic carbocycles. The van der Waals surface area contributed by atoms with Crippen molar-refractivity contribution in [3.63, 3.8) is 0 Å². The van der Waals surface area contributed by atoms with E-state index in [0.29, 0.717) is 32.6 Å². The molecular weight excluding hydrogens is 258 g/mol. The fourth-order valence-electron chi connectivity index (χ4n) is 2.52. The van der Waals surface area contributed by atoms with Crippen LogP contribution in [0.15, 0.2) is 0 Å². The average Bonchev–Trinajstić information content (AvgIpc) is 2.49. The highest BCUT2D eigenvalue weighted by Crippen LogP contribution is 2.17. The van der Waals surface area contributed by atoms with Crippen LogP contribution in [0.3, 0.4) is 0 Å². The summed E-state index contributed by atoms with van der Waals surface area (Å²) in [6.45, 7) is 3.67. The second kappa shape index (κ2) is 8.92. The number of nitrogens with two attached hydrogens (primary N) is 1. The van der Waals surface area contributed by atoms with Gasteiger partial charge in [-0.15, -0.1) is 0 Å². The van der Waals surface area contributed by atoms with Crippen molar-refractivity contribution in [2.45, 2.75) is 25.7 Å². The van der Waals surface area contributed by atoms with Crippen LogP contribution >= 0.6 is 0 Å². The lowest BCUT2D eigenvalue weighted by molar-refractivity contribution is -0.147. The molecule has 1 heterocycles. The molecule has 1 unspecified atom stereocenters. The first-order valence-corrected chi connectivity index (χ1v) is 7.32. The van der Waals surface area contributed by atoms with Gasteiger partial charge in [0.2, 0.25) is 5.91 Å². The Bertz CT molecular complexity index is 323. The van der Waals surface area contributed by atoms with Crippen LogP contribution in [0.5, 0.6) is 0 Å². The summed E-state index contributed by atoms with van der Waals surface area (Å²) in [5.41, 5.74) is 5.43. The van der Waals surface area contributed by atoms with Crippen molar-refractivity contribution in [1.82, 2.24) is 9.80 Å². The maximum atomic E-state index is 11.9. The molecular formula is C14H27N3O3. The number of amides is 1. The molecule has 2 N–H and O–H groups in total. The lowest BCUT2D eigenvalue weighted by Gasteiger charge is -2.31. The third-order valence-electron chi connectivity index (χ3n) is 3.81. The lowest BCUT2D eigenvalue weighted by Crippen LogP contribution is -2.41. The number of hydrogen-bond donors (Lipinski definition) is 1. The molecule has 0 bridgehead atoms. The van der Waals surface area contributed by atoms with Crippen LogP contribution < -0.4 is 5.73 Å². The Balaban J connectivity index is 2.30. The minimum absolute atomic E-state index is 0.0428. The number of carbonyl (C=O) groups excluding carboxylic acids is 2. The van der Waals surface area contributed by atoms with Crippen molar-refractivity contribution < 1.29 is 14.3 Å². The first-order chi connectivity index (χ1) is 9.58. The Morgan fingerprint density at radius 2 is 2.20 bits per heavy atom. The maximum Gasteiger partial charge on any atom is 0.309 e. The highest BCUT2D eigenvalue weighted by atomic mass is 16.5. The molecule has 116 valence electrons. The number of ether oxygens (including phenoxy) is 1. The monoisotopic (exact) mass is 285 g/mol. The molecule has 0 aromatic rings. The SMILES string of the molecule is COC(=O)C1CCCN(CCC(=O)N(C)CCCN)C1. The second-order valence-electron chi connectivity index (χ2n) is 5.37. The number of rotatable bonds is 7. The van der Waals surface area contributed by atoms with Gasteiger partial charge in [0.15, 0.2) is 0 Å². The van der Waals surface area contributed by atoms with E-state index in [1.807, 2.05) is 7.05 Å². The minimum atomic E-state index is -0.138. The average molecular weight is 285 g/mol. The number of likely N-dealkylation sites (tertiary alicyclic amines) is 1.